The van der Waals surface area contributed by atoms with Crippen molar-refractivity contribution in [3.63, 3.8) is 0 Å². The van der Waals surface area contributed by atoms with E-state index in [1.54, 1.807) is 25.1 Å². The molecule has 21 heavy (non-hydrogen) atoms. The van der Waals surface area contributed by atoms with E-state index in [-0.39, 0.29) is 0 Å². The van der Waals surface area contributed by atoms with Crippen molar-refractivity contribution in [1.82, 2.24) is 0 Å². The number of ether oxygens (including phenoxy) is 2. The number of aryl methyl sites for hydroxylation is 1. The number of para-hydroxylation sites is 1. The van der Waals surface area contributed by atoms with Gasteiger partial charge in [-0.3, -0.25) is 0 Å². The van der Waals surface area contributed by atoms with Gasteiger partial charge in [0, 0.05) is 4.47 Å². The second kappa shape index (κ2) is 6.63. The third-order valence-corrected chi connectivity index (χ3v) is 3.40. The fourth-order valence-corrected chi connectivity index (χ4v) is 2.17. The Morgan fingerprint density at radius 2 is 2.05 bits per heavy atom. The van der Waals surface area contributed by atoms with Crippen LogP contribution in [0.4, 0.5) is 5.69 Å². The Kier molecular flexibility index (Phi) is 4.85. The minimum absolute atomic E-state index is 0.295. The van der Waals surface area contributed by atoms with Crippen LogP contribution in [-0.2, 0) is 4.74 Å². The van der Waals surface area contributed by atoms with Gasteiger partial charge in [-0.1, -0.05) is 28.1 Å². The van der Waals surface area contributed by atoms with Crippen LogP contribution in [0.3, 0.4) is 0 Å². The number of carbonyl (C=O) groups excluding carboxylic acids is 1. The number of nitrogen functional groups attached to an aromatic ring is 1. The number of esters is 1. The highest BCUT2D eigenvalue weighted by atomic mass is 79.9. The molecule has 0 aliphatic heterocycles. The Morgan fingerprint density at radius 3 is 2.76 bits per heavy atom. The molecule has 0 fully saturated rings. The average Bonchev–Trinajstić information content (AvgIpc) is 2.45. The van der Waals surface area contributed by atoms with E-state index in [1.807, 2.05) is 25.1 Å². The van der Waals surface area contributed by atoms with Gasteiger partial charge in [0.1, 0.15) is 11.3 Å². The van der Waals surface area contributed by atoms with Gasteiger partial charge in [0.25, 0.3) is 0 Å². The van der Waals surface area contributed by atoms with Crippen molar-refractivity contribution in [3.8, 4) is 11.5 Å². The van der Waals surface area contributed by atoms with Crippen LogP contribution in [0.25, 0.3) is 0 Å². The first-order valence-corrected chi connectivity index (χ1v) is 7.31. The van der Waals surface area contributed by atoms with E-state index in [4.69, 9.17) is 15.2 Å². The molecule has 0 radical (unpaired) electrons. The summed E-state index contributed by atoms with van der Waals surface area (Å²) in [5.74, 6) is 0.498. The number of hydrogen-bond acceptors (Lipinski definition) is 4. The molecule has 0 saturated carbocycles. The lowest BCUT2D eigenvalue weighted by Crippen LogP contribution is -2.08. The maximum absolute atomic E-state index is 12.0. The number of benzene rings is 2. The summed E-state index contributed by atoms with van der Waals surface area (Å²) in [6.07, 6.45) is 0. The summed E-state index contributed by atoms with van der Waals surface area (Å²) in [4.78, 5) is 12.0. The van der Waals surface area contributed by atoms with Gasteiger partial charge in [-0.05, 0) is 43.7 Å². The van der Waals surface area contributed by atoms with E-state index in [0.29, 0.717) is 29.4 Å². The van der Waals surface area contributed by atoms with Crippen molar-refractivity contribution in [1.29, 1.82) is 0 Å². The zero-order valence-electron chi connectivity index (χ0n) is 11.9. The quantitative estimate of drug-likeness (QED) is 0.659. The molecule has 2 rings (SSSR count). The first-order valence-electron chi connectivity index (χ1n) is 6.52. The predicted molar refractivity (Wildman–Crippen MR) is 85.8 cm³/mol. The van der Waals surface area contributed by atoms with Crippen LogP contribution in [0.15, 0.2) is 40.9 Å². The van der Waals surface area contributed by atoms with Crippen LogP contribution in [0.1, 0.15) is 22.8 Å². The molecule has 0 spiro atoms. The van der Waals surface area contributed by atoms with E-state index >= 15 is 0 Å². The standard InChI is InChI=1S/C16H16BrNO3/c1-3-20-16(19)12-5-4-6-13(18)15(12)21-14-9-11(17)8-7-10(14)2/h4-9H,3,18H2,1-2H3. The molecule has 0 heterocycles. The summed E-state index contributed by atoms with van der Waals surface area (Å²) in [6, 6.07) is 10.7. The Morgan fingerprint density at radius 1 is 1.29 bits per heavy atom. The van der Waals surface area contributed by atoms with Crippen LogP contribution in [0, 0.1) is 6.92 Å². The molecule has 2 aromatic carbocycles. The van der Waals surface area contributed by atoms with Gasteiger partial charge in [0.05, 0.1) is 12.3 Å². The Labute approximate surface area is 132 Å². The zero-order valence-corrected chi connectivity index (χ0v) is 13.4. The SMILES string of the molecule is CCOC(=O)c1cccc(N)c1Oc1cc(Br)ccc1C. The van der Waals surface area contributed by atoms with Gasteiger partial charge < -0.3 is 15.2 Å². The number of anilines is 1. The normalized spacial score (nSPS) is 10.2. The fourth-order valence-electron chi connectivity index (χ4n) is 1.83. The highest BCUT2D eigenvalue weighted by Crippen LogP contribution is 2.34. The van der Waals surface area contributed by atoms with Gasteiger partial charge in [-0.15, -0.1) is 0 Å². The smallest absolute Gasteiger partial charge is 0.342 e. The molecule has 0 aliphatic rings. The Bertz CT molecular complexity index is 671. The maximum atomic E-state index is 12.0. The molecule has 4 nitrogen and oxygen atoms in total. The van der Waals surface area contributed by atoms with E-state index < -0.39 is 5.97 Å². The molecular formula is C16H16BrNO3. The molecule has 0 aromatic heterocycles. The molecule has 0 amide bonds. The largest absolute Gasteiger partial charge is 0.462 e. The molecule has 0 saturated heterocycles. The Balaban J connectivity index is 2.43. The molecular weight excluding hydrogens is 334 g/mol. The third kappa shape index (κ3) is 3.55. The molecule has 0 atom stereocenters. The van der Waals surface area contributed by atoms with Crippen molar-refractivity contribution in [2.75, 3.05) is 12.3 Å². The van der Waals surface area contributed by atoms with Crippen LogP contribution >= 0.6 is 15.9 Å². The lowest BCUT2D eigenvalue weighted by atomic mass is 10.1. The number of hydrogen-bond donors (Lipinski definition) is 1. The van der Waals surface area contributed by atoms with Crippen molar-refractivity contribution < 1.29 is 14.3 Å². The second-order valence-electron chi connectivity index (χ2n) is 4.46. The van der Waals surface area contributed by atoms with E-state index in [2.05, 4.69) is 15.9 Å². The van der Waals surface area contributed by atoms with Crippen molar-refractivity contribution >= 4 is 27.6 Å². The van der Waals surface area contributed by atoms with Crippen molar-refractivity contribution in [3.05, 3.63) is 52.0 Å². The molecule has 0 aliphatic carbocycles. The zero-order chi connectivity index (χ0) is 15.4. The molecule has 5 heteroatoms. The summed E-state index contributed by atoms with van der Waals surface area (Å²) >= 11 is 3.40. The van der Waals surface area contributed by atoms with Gasteiger partial charge in [-0.25, -0.2) is 4.79 Å². The first kappa shape index (κ1) is 15.4. The Hall–Kier alpha value is -2.01. The summed E-state index contributed by atoms with van der Waals surface area (Å²) in [5, 5.41) is 0. The van der Waals surface area contributed by atoms with Gasteiger partial charge in [-0.2, -0.15) is 0 Å². The first-order chi connectivity index (χ1) is 10.0. The molecule has 110 valence electrons. The highest BCUT2D eigenvalue weighted by Gasteiger charge is 2.17. The second-order valence-corrected chi connectivity index (χ2v) is 5.37. The van der Waals surface area contributed by atoms with Gasteiger partial charge >= 0.3 is 5.97 Å². The molecule has 0 bridgehead atoms. The number of nitrogens with two attached hydrogens (primary N) is 1. The summed E-state index contributed by atoms with van der Waals surface area (Å²) in [5.41, 5.74) is 7.59. The van der Waals surface area contributed by atoms with Crippen LogP contribution < -0.4 is 10.5 Å². The van der Waals surface area contributed by atoms with Crippen LogP contribution in [-0.4, -0.2) is 12.6 Å². The lowest BCUT2D eigenvalue weighted by Gasteiger charge is -2.14. The van der Waals surface area contributed by atoms with Crippen LogP contribution in [0.5, 0.6) is 11.5 Å². The molecule has 2 aromatic rings. The molecule has 0 unspecified atom stereocenters. The predicted octanol–water partition coefficient (Wildman–Crippen LogP) is 4.31. The number of carbonyl (C=O) groups is 1. The topological polar surface area (TPSA) is 61.5 Å². The average molecular weight is 350 g/mol. The number of rotatable bonds is 4. The molecule has 2 N–H and O–H groups in total. The monoisotopic (exact) mass is 349 g/mol. The van der Waals surface area contributed by atoms with Crippen LogP contribution in [0.2, 0.25) is 0 Å². The highest BCUT2D eigenvalue weighted by molar-refractivity contribution is 9.10. The summed E-state index contributed by atoms with van der Waals surface area (Å²) in [7, 11) is 0. The van der Waals surface area contributed by atoms with E-state index in [1.165, 1.54) is 0 Å². The van der Waals surface area contributed by atoms with Gasteiger partial charge in [0.2, 0.25) is 0 Å². The van der Waals surface area contributed by atoms with E-state index in [9.17, 15) is 4.79 Å². The summed E-state index contributed by atoms with van der Waals surface area (Å²) < 4.78 is 11.8. The van der Waals surface area contributed by atoms with Crippen molar-refractivity contribution in [2.24, 2.45) is 0 Å². The van der Waals surface area contributed by atoms with Gasteiger partial charge in [0.15, 0.2) is 5.75 Å². The van der Waals surface area contributed by atoms with E-state index in [0.717, 1.165) is 10.0 Å². The lowest BCUT2D eigenvalue weighted by molar-refractivity contribution is 0.0523. The third-order valence-electron chi connectivity index (χ3n) is 2.90. The maximum Gasteiger partial charge on any atom is 0.342 e. The minimum Gasteiger partial charge on any atom is -0.462 e. The van der Waals surface area contributed by atoms with Crippen molar-refractivity contribution in [2.45, 2.75) is 13.8 Å². The fraction of sp³-hybridized carbons (Fsp3) is 0.188. The number of halogens is 1. The summed E-state index contributed by atoms with van der Waals surface area (Å²) in [6.45, 7) is 3.97. The minimum atomic E-state index is -0.451.